The van der Waals surface area contributed by atoms with Crippen LogP contribution in [0.5, 0.6) is 11.5 Å². The summed E-state index contributed by atoms with van der Waals surface area (Å²) in [6.45, 7) is 5.24. The maximum Gasteiger partial charge on any atom is 0.258 e. The molecule has 1 amide bonds. The molecule has 1 heterocycles. The summed E-state index contributed by atoms with van der Waals surface area (Å²) in [6, 6.07) is 22.3. The topological polar surface area (TPSA) is 62.8 Å². The fourth-order valence-corrected chi connectivity index (χ4v) is 3.94. The number of hydrogen-bond donors (Lipinski definition) is 2. The third-order valence-electron chi connectivity index (χ3n) is 6.12. The lowest BCUT2D eigenvalue weighted by molar-refractivity contribution is -0.110. The Morgan fingerprint density at radius 3 is 2.24 bits per heavy atom. The smallest absolute Gasteiger partial charge is 0.258 e. The number of ether oxygens (including phenoxy) is 2. The highest BCUT2D eigenvalue weighted by molar-refractivity contribution is 6.37. The van der Waals surface area contributed by atoms with Crippen molar-refractivity contribution in [2.45, 2.75) is 26.4 Å². The van der Waals surface area contributed by atoms with E-state index < -0.39 is 0 Å². The van der Waals surface area contributed by atoms with Crippen LogP contribution in [0.1, 0.15) is 30.5 Å². The van der Waals surface area contributed by atoms with E-state index in [1.807, 2.05) is 36.4 Å². The average molecular weight is 458 g/mol. The van der Waals surface area contributed by atoms with Gasteiger partial charge in [0.05, 0.1) is 31.2 Å². The van der Waals surface area contributed by atoms with Crippen molar-refractivity contribution >= 4 is 28.6 Å². The first-order valence-corrected chi connectivity index (χ1v) is 11.3. The van der Waals surface area contributed by atoms with Crippen LogP contribution in [-0.2, 0) is 11.3 Å². The van der Waals surface area contributed by atoms with Crippen molar-refractivity contribution < 1.29 is 14.3 Å². The molecule has 0 aliphatic carbocycles. The highest BCUT2D eigenvalue weighted by Crippen LogP contribution is 2.43. The van der Waals surface area contributed by atoms with Crippen molar-refractivity contribution in [3.63, 3.8) is 0 Å². The molecule has 0 atom stereocenters. The number of anilines is 2. The highest BCUT2D eigenvalue weighted by Gasteiger charge is 2.30. The molecule has 3 aromatic carbocycles. The summed E-state index contributed by atoms with van der Waals surface area (Å²) in [7, 11) is 5.29. The molecule has 0 spiro atoms. The van der Waals surface area contributed by atoms with Crippen LogP contribution in [0.2, 0.25) is 0 Å². The standard InChI is InChI=1S/C28H31N3O3/c1-18(2)31(3)17-19-11-13-21(14-12-19)29-27(20-9-7-6-8-10-20)26-22-15-24(33-4)25(34-5)16-23(22)30-28(26)32/h6-16,18,29H,17H2,1-5H3,(H,30,32)/b27-26-. The fraction of sp³-hybridized carbons (Fsp3) is 0.250. The maximum absolute atomic E-state index is 13.2. The van der Waals surface area contributed by atoms with E-state index in [1.54, 1.807) is 20.3 Å². The summed E-state index contributed by atoms with van der Waals surface area (Å²) in [6.07, 6.45) is 0. The third-order valence-corrected chi connectivity index (χ3v) is 6.12. The Balaban J connectivity index is 1.76. The van der Waals surface area contributed by atoms with Gasteiger partial charge in [0.1, 0.15) is 0 Å². The maximum atomic E-state index is 13.2. The number of nitrogens with one attached hydrogen (secondary N) is 2. The zero-order valence-corrected chi connectivity index (χ0v) is 20.3. The summed E-state index contributed by atoms with van der Waals surface area (Å²) in [4.78, 5) is 15.5. The van der Waals surface area contributed by atoms with Crippen LogP contribution in [0.4, 0.5) is 11.4 Å². The molecular weight excluding hydrogens is 426 g/mol. The molecule has 0 unspecified atom stereocenters. The molecule has 3 aromatic rings. The van der Waals surface area contributed by atoms with E-state index in [4.69, 9.17) is 9.47 Å². The summed E-state index contributed by atoms with van der Waals surface area (Å²) in [5.74, 6) is 0.965. The average Bonchev–Trinajstić information content (AvgIpc) is 3.17. The number of rotatable bonds is 8. The van der Waals surface area contributed by atoms with Crippen molar-refractivity contribution in [1.29, 1.82) is 0 Å². The molecule has 0 saturated carbocycles. The predicted octanol–water partition coefficient (Wildman–Crippen LogP) is 5.48. The van der Waals surface area contributed by atoms with Crippen molar-refractivity contribution in [1.82, 2.24) is 4.90 Å². The van der Waals surface area contributed by atoms with Crippen LogP contribution in [0.25, 0.3) is 11.3 Å². The molecule has 6 nitrogen and oxygen atoms in total. The summed E-state index contributed by atoms with van der Waals surface area (Å²) >= 11 is 0. The van der Waals surface area contributed by atoms with Gasteiger partial charge in [-0.3, -0.25) is 9.69 Å². The van der Waals surface area contributed by atoms with E-state index in [9.17, 15) is 4.79 Å². The van der Waals surface area contributed by atoms with Crippen LogP contribution >= 0.6 is 0 Å². The summed E-state index contributed by atoms with van der Waals surface area (Å²) in [5.41, 5.74) is 5.81. The molecule has 1 aliphatic rings. The first-order valence-electron chi connectivity index (χ1n) is 11.3. The lowest BCUT2D eigenvalue weighted by Gasteiger charge is -2.21. The highest BCUT2D eigenvalue weighted by atomic mass is 16.5. The summed E-state index contributed by atoms with van der Waals surface area (Å²) < 4.78 is 10.9. The number of benzene rings is 3. The zero-order chi connectivity index (χ0) is 24.2. The molecular formula is C28H31N3O3. The van der Waals surface area contributed by atoms with Gasteiger partial charge in [-0.2, -0.15) is 0 Å². The molecule has 0 bridgehead atoms. The number of fused-ring (bicyclic) bond motifs is 1. The Morgan fingerprint density at radius 2 is 1.62 bits per heavy atom. The van der Waals surface area contributed by atoms with Gasteiger partial charge in [-0.1, -0.05) is 42.5 Å². The second-order valence-corrected chi connectivity index (χ2v) is 8.65. The molecule has 6 heteroatoms. The second kappa shape index (κ2) is 10.0. The van der Waals surface area contributed by atoms with Gasteiger partial charge in [-0.05, 0) is 50.2 Å². The molecule has 34 heavy (non-hydrogen) atoms. The van der Waals surface area contributed by atoms with Gasteiger partial charge in [0.15, 0.2) is 11.5 Å². The number of carbonyl (C=O) groups excluding carboxylic acids is 1. The van der Waals surface area contributed by atoms with Gasteiger partial charge >= 0.3 is 0 Å². The molecule has 2 N–H and O–H groups in total. The Bertz CT molecular complexity index is 1200. The van der Waals surface area contributed by atoms with E-state index >= 15 is 0 Å². The van der Waals surface area contributed by atoms with E-state index in [-0.39, 0.29) is 5.91 Å². The van der Waals surface area contributed by atoms with Crippen LogP contribution in [-0.4, -0.2) is 38.1 Å². The number of hydrogen-bond acceptors (Lipinski definition) is 5. The lowest BCUT2D eigenvalue weighted by atomic mass is 9.99. The van der Waals surface area contributed by atoms with Gasteiger partial charge < -0.3 is 20.1 Å². The minimum atomic E-state index is -0.174. The van der Waals surface area contributed by atoms with Crippen LogP contribution in [0.3, 0.4) is 0 Å². The first kappa shape index (κ1) is 23.4. The van der Waals surface area contributed by atoms with E-state index in [0.717, 1.165) is 29.1 Å². The van der Waals surface area contributed by atoms with Gasteiger partial charge in [0, 0.05) is 29.9 Å². The Morgan fingerprint density at radius 1 is 0.971 bits per heavy atom. The molecule has 4 rings (SSSR count). The lowest BCUT2D eigenvalue weighted by Crippen LogP contribution is -2.25. The minimum Gasteiger partial charge on any atom is -0.493 e. The predicted molar refractivity (Wildman–Crippen MR) is 138 cm³/mol. The third kappa shape index (κ3) is 4.77. The first-order chi connectivity index (χ1) is 16.4. The quantitative estimate of drug-likeness (QED) is 0.439. The Hall–Kier alpha value is -3.77. The number of amides is 1. The van der Waals surface area contributed by atoms with Crippen molar-refractivity contribution in [3.05, 3.63) is 83.4 Å². The zero-order valence-electron chi connectivity index (χ0n) is 20.3. The van der Waals surface area contributed by atoms with Gasteiger partial charge in [-0.15, -0.1) is 0 Å². The van der Waals surface area contributed by atoms with E-state index in [2.05, 4.69) is 60.7 Å². The monoisotopic (exact) mass is 457 g/mol. The van der Waals surface area contributed by atoms with Crippen molar-refractivity contribution in [2.75, 3.05) is 31.9 Å². The Kier molecular flexibility index (Phi) is 6.89. The fourth-order valence-electron chi connectivity index (χ4n) is 3.94. The number of nitrogens with zero attached hydrogens (tertiary/aromatic N) is 1. The molecule has 0 fully saturated rings. The molecule has 0 saturated heterocycles. The van der Waals surface area contributed by atoms with Gasteiger partial charge in [-0.25, -0.2) is 0 Å². The molecule has 1 aliphatic heterocycles. The van der Waals surface area contributed by atoms with E-state index in [0.29, 0.717) is 28.8 Å². The number of methoxy groups -OCH3 is 2. The van der Waals surface area contributed by atoms with Crippen LogP contribution in [0.15, 0.2) is 66.7 Å². The second-order valence-electron chi connectivity index (χ2n) is 8.65. The van der Waals surface area contributed by atoms with Gasteiger partial charge in [0.25, 0.3) is 5.91 Å². The SMILES string of the molecule is COc1cc2c(cc1OC)/C(=C(/Nc1ccc(CN(C)C(C)C)cc1)c1ccccc1)C(=O)N2. The summed E-state index contributed by atoms with van der Waals surface area (Å²) in [5, 5.41) is 6.48. The molecule has 0 radical (unpaired) electrons. The van der Waals surface area contributed by atoms with Gasteiger partial charge in [0.2, 0.25) is 0 Å². The normalized spacial score (nSPS) is 14.1. The van der Waals surface area contributed by atoms with Crippen LogP contribution < -0.4 is 20.1 Å². The van der Waals surface area contributed by atoms with Crippen molar-refractivity contribution in [3.8, 4) is 11.5 Å². The minimum absolute atomic E-state index is 0.174. The molecule has 0 aromatic heterocycles. The van der Waals surface area contributed by atoms with E-state index in [1.165, 1.54) is 5.56 Å². The Labute approximate surface area is 201 Å². The number of carbonyl (C=O) groups is 1. The largest absolute Gasteiger partial charge is 0.493 e. The molecule has 176 valence electrons. The van der Waals surface area contributed by atoms with Crippen LogP contribution in [0, 0.1) is 0 Å². The van der Waals surface area contributed by atoms with Crippen molar-refractivity contribution in [2.24, 2.45) is 0 Å².